The Bertz CT molecular complexity index is 2450. The number of ether oxygens (including phenoxy) is 1. The summed E-state index contributed by atoms with van der Waals surface area (Å²) in [5.74, 6) is -2.85. The van der Waals surface area contributed by atoms with Crippen LogP contribution in [0.4, 0.5) is 11.4 Å². The van der Waals surface area contributed by atoms with Crippen LogP contribution >= 0.6 is 0 Å². The number of fused-ring (bicyclic) bond motifs is 1. The highest BCUT2D eigenvalue weighted by Crippen LogP contribution is 2.25. The smallest absolute Gasteiger partial charge is 0.243 e. The average molecular weight is 916 g/mol. The van der Waals surface area contributed by atoms with Crippen molar-refractivity contribution in [2.45, 2.75) is 63.1 Å². The zero-order valence-electron chi connectivity index (χ0n) is 37.5. The minimum Gasteiger partial charge on any atom is -0.508 e. The molecule has 5 amide bonds. The third kappa shape index (κ3) is 15.1. The Hall–Kier alpha value is -7.44. The third-order valence-corrected chi connectivity index (χ3v) is 11.3. The molecule has 1 aliphatic rings. The number of aromatic hydroxyl groups is 1. The number of rotatable bonds is 23. The third-order valence-electron chi connectivity index (χ3n) is 11.3. The van der Waals surface area contributed by atoms with Crippen LogP contribution in [0.5, 0.6) is 5.75 Å². The van der Waals surface area contributed by atoms with Crippen LogP contribution in [0.2, 0.25) is 0 Å². The van der Waals surface area contributed by atoms with Gasteiger partial charge in [-0.25, -0.2) is 0 Å². The number of hydrogen-bond donors (Lipinski definition) is 10. The Balaban J connectivity index is 1.20. The summed E-state index contributed by atoms with van der Waals surface area (Å²) >= 11 is 0. The van der Waals surface area contributed by atoms with Gasteiger partial charge in [-0.1, -0.05) is 54.6 Å². The molecule has 13 N–H and O–H groups in total. The van der Waals surface area contributed by atoms with E-state index in [2.05, 4.69) is 41.5 Å². The van der Waals surface area contributed by atoms with Crippen LogP contribution in [0.25, 0.3) is 22.0 Å². The van der Waals surface area contributed by atoms with Crippen LogP contribution in [0, 0.1) is 0 Å². The number of benzene rings is 4. The number of aromatic amines is 1. The number of unbranched alkanes of at least 4 members (excludes halogenated alkanes) is 1. The van der Waals surface area contributed by atoms with Crippen molar-refractivity contribution in [1.82, 2.24) is 26.3 Å². The molecule has 3 atom stereocenters. The predicted molar refractivity (Wildman–Crippen MR) is 259 cm³/mol. The molecule has 0 unspecified atom stereocenters. The predicted octanol–water partition coefficient (Wildman–Crippen LogP) is 2.55. The number of guanidine groups is 1. The molecule has 1 fully saturated rings. The van der Waals surface area contributed by atoms with E-state index in [1.165, 1.54) is 6.07 Å². The van der Waals surface area contributed by atoms with Gasteiger partial charge in [-0.2, -0.15) is 0 Å². The molecule has 4 aromatic carbocycles. The van der Waals surface area contributed by atoms with Gasteiger partial charge in [-0.3, -0.25) is 29.0 Å². The lowest BCUT2D eigenvalue weighted by molar-refractivity contribution is -0.134. The van der Waals surface area contributed by atoms with Gasteiger partial charge in [0.05, 0.1) is 19.8 Å². The van der Waals surface area contributed by atoms with E-state index < -0.39 is 47.7 Å². The molecule has 67 heavy (non-hydrogen) atoms. The summed E-state index contributed by atoms with van der Waals surface area (Å²) in [6.45, 7) is 3.01. The minimum atomic E-state index is -1.23. The second-order valence-corrected chi connectivity index (χ2v) is 16.4. The highest BCUT2D eigenvalue weighted by Gasteiger charge is 2.31. The van der Waals surface area contributed by atoms with Gasteiger partial charge in [0.2, 0.25) is 29.5 Å². The number of aromatic nitrogens is 1. The van der Waals surface area contributed by atoms with Gasteiger partial charge in [0.15, 0.2) is 5.96 Å². The fourth-order valence-electron chi connectivity index (χ4n) is 7.76. The molecular formula is C49H61N11O7. The van der Waals surface area contributed by atoms with Gasteiger partial charge < -0.3 is 63.5 Å². The SMILES string of the molecule is NCCCC(=O)N[C@@H](Cc1c[nH]c2ccc(O)cc12)C(=O)N[C@@H](Cc1ccc(-c2ccccc2)cc1)C(=O)N[C@@H](CCCCN=C(N)N)C(=O)NCC(=O)Nc1ccc(N2CCOCC2)cc1. The second kappa shape index (κ2) is 24.7. The summed E-state index contributed by atoms with van der Waals surface area (Å²) in [5.41, 5.74) is 22.3. The lowest BCUT2D eigenvalue weighted by Gasteiger charge is -2.28. The largest absolute Gasteiger partial charge is 0.508 e. The van der Waals surface area contributed by atoms with Crippen molar-refractivity contribution in [2.24, 2.45) is 22.2 Å². The molecular weight excluding hydrogens is 855 g/mol. The molecule has 0 radical (unpaired) electrons. The molecule has 18 heteroatoms. The number of carbonyl (C=O) groups excluding carboxylic acids is 5. The van der Waals surface area contributed by atoms with Crippen molar-refractivity contribution in [3.63, 3.8) is 0 Å². The average Bonchev–Trinajstić information content (AvgIpc) is 3.73. The number of nitrogens with zero attached hydrogens (tertiary/aromatic N) is 2. The summed E-state index contributed by atoms with van der Waals surface area (Å²) < 4.78 is 5.44. The number of amides is 5. The number of H-pyrrole nitrogens is 1. The summed E-state index contributed by atoms with van der Waals surface area (Å²) in [5, 5.41) is 24.9. The van der Waals surface area contributed by atoms with Crippen LogP contribution in [0.3, 0.4) is 0 Å². The van der Waals surface area contributed by atoms with E-state index in [-0.39, 0.29) is 50.5 Å². The van der Waals surface area contributed by atoms with E-state index in [0.29, 0.717) is 61.2 Å². The van der Waals surface area contributed by atoms with Crippen molar-refractivity contribution in [3.8, 4) is 16.9 Å². The molecule has 0 saturated carbocycles. The van der Waals surface area contributed by atoms with Crippen LogP contribution in [0.1, 0.15) is 43.2 Å². The van der Waals surface area contributed by atoms with Crippen LogP contribution in [0.15, 0.2) is 108 Å². The van der Waals surface area contributed by atoms with E-state index in [9.17, 15) is 29.1 Å². The fourth-order valence-corrected chi connectivity index (χ4v) is 7.76. The standard InChI is InChI=1S/C49H61N11O7/c50-21-6-10-44(62)57-43(28-35-30-54-40-20-19-38(61)29-39(35)40)48(66)59-42(27-32-11-13-34(14-12-32)33-7-2-1-3-8-33)47(65)58-41(9-4-5-22-53-49(51)52)46(64)55-31-45(63)56-36-15-17-37(18-16-36)60-23-25-67-26-24-60/h1-3,7-8,11-20,29-30,41-43,54,61H,4-6,9-10,21-28,31,50H2,(H,55,64)(H,56,63)(H,57,62)(H,58,65)(H,59,66)(H4,51,52,53)/t41-,42-,43-/m0/s1. The number of carbonyl (C=O) groups is 5. The van der Waals surface area contributed by atoms with E-state index in [1.807, 2.05) is 66.7 Å². The van der Waals surface area contributed by atoms with Crippen LogP contribution < -0.4 is 48.7 Å². The van der Waals surface area contributed by atoms with Crippen LogP contribution in [-0.4, -0.2) is 110 Å². The van der Waals surface area contributed by atoms with Crippen LogP contribution in [-0.2, 0) is 41.6 Å². The van der Waals surface area contributed by atoms with E-state index in [1.54, 1.807) is 30.5 Å². The van der Waals surface area contributed by atoms with Crippen molar-refractivity contribution < 1.29 is 33.8 Å². The topological polar surface area (TPSA) is 284 Å². The Labute approximate surface area is 389 Å². The highest BCUT2D eigenvalue weighted by atomic mass is 16.5. The highest BCUT2D eigenvalue weighted by molar-refractivity contribution is 5.98. The van der Waals surface area contributed by atoms with Crippen molar-refractivity contribution in [2.75, 3.05) is 56.2 Å². The Morgan fingerprint density at radius 1 is 0.746 bits per heavy atom. The van der Waals surface area contributed by atoms with Crippen molar-refractivity contribution >= 4 is 57.8 Å². The number of phenols is 1. The summed E-state index contributed by atoms with van der Waals surface area (Å²) in [4.78, 5) is 78.4. The first-order valence-corrected chi connectivity index (χ1v) is 22.5. The zero-order chi connectivity index (χ0) is 47.5. The quantitative estimate of drug-likeness (QED) is 0.0258. The zero-order valence-corrected chi connectivity index (χ0v) is 37.5. The maximum Gasteiger partial charge on any atom is 0.243 e. The fraction of sp³-hybridized carbons (Fsp3) is 0.347. The number of morpholine rings is 1. The molecule has 0 spiro atoms. The molecule has 0 aliphatic carbocycles. The minimum absolute atomic E-state index is 0.0185. The first-order chi connectivity index (χ1) is 32.4. The van der Waals surface area contributed by atoms with Gasteiger partial charge >= 0.3 is 0 Å². The number of nitrogens with two attached hydrogens (primary N) is 3. The normalized spacial score (nSPS) is 13.7. The molecule has 18 nitrogen and oxygen atoms in total. The number of nitrogens with one attached hydrogen (secondary N) is 6. The summed E-state index contributed by atoms with van der Waals surface area (Å²) in [6.07, 6.45) is 3.28. The lowest BCUT2D eigenvalue weighted by Crippen LogP contribution is -2.58. The van der Waals surface area contributed by atoms with E-state index in [4.69, 9.17) is 21.9 Å². The molecule has 1 saturated heterocycles. The molecule has 354 valence electrons. The molecule has 5 aromatic rings. The number of aliphatic imine (C=N–C) groups is 1. The lowest BCUT2D eigenvalue weighted by atomic mass is 9.99. The molecule has 1 aromatic heterocycles. The van der Waals surface area contributed by atoms with Crippen molar-refractivity contribution in [3.05, 3.63) is 114 Å². The monoisotopic (exact) mass is 915 g/mol. The molecule has 1 aliphatic heterocycles. The van der Waals surface area contributed by atoms with Gasteiger partial charge in [-0.05, 0) is 96.9 Å². The first-order valence-electron chi connectivity index (χ1n) is 22.5. The Morgan fingerprint density at radius 2 is 1.43 bits per heavy atom. The van der Waals surface area contributed by atoms with E-state index >= 15 is 0 Å². The maximum atomic E-state index is 14.5. The number of phenolic OH excluding ortho intramolecular Hbond substituents is 1. The first kappa shape index (κ1) is 49.0. The number of hydrogen-bond acceptors (Lipinski definition) is 10. The summed E-state index contributed by atoms with van der Waals surface area (Å²) in [7, 11) is 0. The molecule has 2 heterocycles. The van der Waals surface area contributed by atoms with Gasteiger partial charge in [0, 0.05) is 67.4 Å². The van der Waals surface area contributed by atoms with Gasteiger partial charge in [-0.15, -0.1) is 0 Å². The Morgan fingerprint density at radius 3 is 2.13 bits per heavy atom. The molecule has 0 bridgehead atoms. The Kier molecular flexibility index (Phi) is 18.1. The summed E-state index contributed by atoms with van der Waals surface area (Å²) in [6, 6.07) is 26.0. The number of anilines is 2. The maximum absolute atomic E-state index is 14.5. The van der Waals surface area contributed by atoms with Crippen molar-refractivity contribution in [1.29, 1.82) is 0 Å². The van der Waals surface area contributed by atoms with Gasteiger partial charge in [0.1, 0.15) is 23.9 Å². The second-order valence-electron chi connectivity index (χ2n) is 16.4. The molecule has 6 rings (SSSR count). The van der Waals surface area contributed by atoms with Gasteiger partial charge in [0.25, 0.3) is 0 Å². The van der Waals surface area contributed by atoms with E-state index in [0.717, 1.165) is 35.4 Å².